The van der Waals surface area contributed by atoms with Crippen LogP contribution in [-0.2, 0) is 11.3 Å². The Morgan fingerprint density at radius 2 is 1.85 bits per heavy atom. The van der Waals surface area contributed by atoms with E-state index in [0.29, 0.717) is 17.6 Å². The minimum atomic E-state index is -0.493. The summed E-state index contributed by atoms with van der Waals surface area (Å²) in [6, 6.07) is 21.8. The van der Waals surface area contributed by atoms with Gasteiger partial charge in [-0.3, -0.25) is 0 Å². The van der Waals surface area contributed by atoms with E-state index in [1.54, 1.807) is 31.9 Å². The Morgan fingerprint density at radius 1 is 1.00 bits per heavy atom. The summed E-state index contributed by atoms with van der Waals surface area (Å²) >= 11 is 1.38. The lowest BCUT2D eigenvalue weighted by Crippen LogP contribution is -1.89. The van der Waals surface area contributed by atoms with Crippen LogP contribution < -0.4 is 9.47 Å². The maximum Gasteiger partial charge on any atom is 0.294 e. The van der Waals surface area contributed by atoms with Gasteiger partial charge in [0.15, 0.2) is 5.76 Å². The van der Waals surface area contributed by atoms with Crippen molar-refractivity contribution in [2.75, 3.05) is 21.3 Å². The van der Waals surface area contributed by atoms with Crippen molar-refractivity contribution < 1.29 is 23.0 Å². The van der Waals surface area contributed by atoms with Gasteiger partial charge in [-0.2, -0.15) is 5.26 Å². The van der Waals surface area contributed by atoms with E-state index in [1.165, 1.54) is 23.5 Å². The van der Waals surface area contributed by atoms with Gasteiger partial charge in [0, 0.05) is 18.6 Å². The van der Waals surface area contributed by atoms with E-state index >= 15 is 0 Å². The first kappa shape index (κ1) is 25.9. The van der Waals surface area contributed by atoms with Crippen LogP contribution in [0.25, 0.3) is 38.5 Å². The molecular weight excluding hydrogens is 519 g/mol. The summed E-state index contributed by atoms with van der Waals surface area (Å²) < 4.78 is 36.4. The predicted octanol–water partition coefficient (Wildman–Crippen LogP) is 6.73. The molecule has 0 spiro atoms. The van der Waals surface area contributed by atoms with E-state index in [2.05, 4.69) is 10.1 Å². The molecule has 0 aliphatic rings. The maximum atomic E-state index is 13.5. The van der Waals surface area contributed by atoms with E-state index in [-0.39, 0.29) is 5.56 Å². The number of hydrogen-bond acceptors (Lipinski definition) is 8. The van der Waals surface area contributed by atoms with Crippen LogP contribution >= 0.6 is 11.3 Å². The van der Waals surface area contributed by atoms with Crippen molar-refractivity contribution in [3.05, 3.63) is 89.9 Å². The van der Waals surface area contributed by atoms with Crippen LogP contribution in [0, 0.1) is 17.1 Å². The molecule has 0 unspecified atom stereocenters. The molecule has 0 saturated heterocycles. The SMILES string of the molecule is COCc1cccc(-c2ccc(C#N)c(F)c2)c1.COc1ccc2cc(-c3cn4nc(OC)sc4n3)oc2c1. The minimum Gasteiger partial charge on any atom is -0.497 e. The first-order valence-corrected chi connectivity index (χ1v) is 12.6. The molecule has 0 radical (unpaired) electrons. The molecule has 3 aromatic heterocycles. The number of furan rings is 1. The van der Waals surface area contributed by atoms with Gasteiger partial charge in [-0.05, 0) is 64.4 Å². The maximum absolute atomic E-state index is 13.5. The molecule has 0 aliphatic carbocycles. The third-order valence-electron chi connectivity index (χ3n) is 5.84. The van der Waals surface area contributed by atoms with Gasteiger partial charge in [-0.25, -0.2) is 13.9 Å². The summed E-state index contributed by atoms with van der Waals surface area (Å²) in [6.45, 7) is 0.520. The van der Waals surface area contributed by atoms with Crippen molar-refractivity contribution in [3.63, 3.8) is 0 Å². The van der Waals surface area contributed by atoms with Crippen molar-refractivity contribution in [2.24, 2.45) is 0 Å². The number of hydrogen-bond donors (Lipinski definition) is 0. The van der Waals surface area contributed by atoms with E-state index < -0.39 is 5.82 Å². The zero-order chi connectivity index (χ0) is 27.4. The number of nitrogens with zero attached hydrogens (tertiary/aromatic N) is 4. The zero-order valence-corrected chi connectivity index (χ0v) is 22.2. The van der Waals surface area contributed by atoms with Gasteiger partial charge in [0.05, 0.1) is 32.6 Å². The van der Waals surface area contributed by atoms with Gasteiger partial charge < -0.3 is 18.6 Å². The third kappa shape index (κ3) is 5.60. The molecule has 0 amide bonds. The first-order valence-electron chi connectivity index (χ1n) is 11.8. The highest BCUT2D eigenvalue weighted by Crippen LogP contribution is 2.31. The average Bonchev–Trinajstić information content (AvgIpc) is 3.66. The first-order chi connectivity index (χ1) is 19.0. The summed E-state index contributed by atoms with van der Waals surface area (Å²) in [5, 5.41) is 14.5. The fourth-order valence-electron chi connectivity index (χ4n) is 3.94. The second-order valence-electron chi connectivity index (χ2n) is 8.38. The van der Waals surface area contributed by atoms with Gasteiger partial charge in [-0.1, -0.05) is 24.3 Å². The molecule has 10 heteroatoms. The van der Waals surface area contributed by atoms with Crippen molar-refractivity contribution in [3.8, 4) is 39.6 Å². The number of nitriles is 1. The molecule has 0 atom stereocenters. The molecule has 3 heterocycles. The summed E-state index contributed by atoms with van der Waals surface area (Å²) in [5.41, 5.74) is 4.27. The Balaban J connectivity index is 0.000000160. The highest BCUT2D eigenvalue weighted by Gasteiger charge is 2.14. The summed E-state index contributed by atoms with van der Waals surface area (Å²) in [4.78, 5) is 5.27. The minimum absolute atomic E-state index is 0.0618. The molecule has 8 nitrogen and oxygen atoms in total. The van der Waals surface area contributed by atoms with Crippen molar-refractivity contribution in [2.45, 2.75) is 6.61 Å². The number of methoxy groups -OCH3 is 3. The number of ether oxygens (including phenoxy) is 3. The smallest absolute Gasteiger partial charge is 0.294 e. The Hall–Kier alpha value is -4.72. The number of fused-ring (bicyclic) bond motifs is 2. The fraction of sp³-hybridized carbons (Fsp3) is 0.138. The standard InChI is InChI=1S/C15H12FNO.C14H11N3O3S/c1-18-10-11-3-2-4-12(7-11)13-5-6-14(9-17)15(16)8-13;1-18-9-4-3-8-5-12(20-11(8)6-9)10-7-17-13(15-10)21-14(16-17)19-2/h2-8H,10H2,1H3;3-7H,1-2H3. The monoisotopic (exact) mass is 542 g/mol. The molecule has 0 aliphatic heterocycles. The quantitative estimate of drug-likeness (QED) is 0.230. The van der Waals surface area contributed by atoms with Gasteiger partial charge in [0.1, 0.15) is 28.9 Å². The van der Waals surface area contributed by atoms with Crippen LogP contribution in [0.1, 0.15) is 11.1 Å². The van der Waals surface area contributed by atoms with Crippen molar-refractivity contribution in [1.29, 1.82) is 5.26 Å². The lowest BCUT2D eigenvalue weighted by atomic mass is 10.0. The predicted molar refractivity (Wildman–Crippen MR) is 146 cm³/mol. The van der Waals surface area contributed by atoms with Gasteiger partial charge in [-0.15, -0.1) is 5.10 Å². The van der Waals surface area contributed by atoms with Gasteiger partial charge >= 0.3 is 0 Å². The number of rotatable bonds is 6. The van der Waals surface area contributed by atoms with Crippen molar-refractivity contribution in [1.82, 2.24) is 14.6 Å². The normalized spacial score (nSPS) is 10.7. The van der Waals surface area contributed by atoms with Gasteiger partial charge in [0.25, 0.3) is 5.19 Å². The molecule has 196 valence electrons. The highest BCUT2D eigenvalue weighted by molar-refractivity contribution is 7.18. The second kappa shape index (κ2) is 11.3. The molecule has 0 N–H and O–H groups in total. The number of benzene rings is 3. The molecule has 0 fully saturated rings. The van der Waals surface area contributed by atoms with Crippen LogP contribution in [0.2, 0.25) is 0 Å². The molecular formula is C29H23FN4O4S. The summed E-state index contributed by atoms with van der Waals surface area (Å²) in [7, 11) is 4.85. The molecule has 0 saturated carbocycles. The fourth-order valence-corrected chi connectivity index (χ4v) is 4.64. The summed E-state index contributed by atoms with van der Waals surface area (Å²) in [6.07, 6.45) is 1.82. The second-order valence-corrected chi connectivity index (χ2v) is 9.30. The third-order valence-corrected chi connectivity index (χ3v) is 6.72. The number of imidazole rings is 1. The molecule has 39 heavy (non-hydrogen) atoms. The van der Waals surface area contributed by atoms with Crippen LogP contribution in [0.5, 0.6) is 10.9 Å². The average molecular weight is 543 g/mol. The van der Waals surface area contributed by atoms with Gasteiger partial charge in [0.2, 0.25) is 4.96 Å². The van der Waals surface area contributed by atoms with E-state index in [1.807, 2.05) is 60.8 Å². The largest absolute Gasteiger partial charge is 0.497 e. The lowest BCUT2D eigenvalue weighted by Gasteiger charge is -2.05. The molecule has 0 bridgehead atoms. The zero-order valence-electron chi connectivity index (χ0n) is 21.3. The van der Waals surface area contributed by atoms with Crippen molar-refractivity contribution >= 4 is 27.3 Å². The summed E-state index contributed by atoms with van der Waals surface area (Å²) in [5.74, 6) is 0.975. The van der Waals surface area contributed by atoms with E-state index in [4.69, 9.17) is 23.9 Å². The number of aromatic nitrogens is 3. The molecule has 3 aromatic carbocycles. The van der Waals surface area contributed by atoms with Crippen LogP contribution in [0.15, 0.2) is 77.3 Å². The van der Waals surface area contributed by atoms with E-state index in [0.717, 1.165) is 44.1 Å². The molecule has 6 aromatic rings. The van der Waals surface area contributed by atoms with Crippen LogP contribution in [-0.4, -0.2) is 35.9 Å². The van der Waals surface area contributed by atoms with Crippen LogP contribution in [0.4, 0.5) is 4.39 Å². The Bertz CT molecular complexity index is 1770. The highest BCUT2D eigenvalue weighted by atomic mass is 32.1. The lowest BCUT2D eigenvalue weighted by molar-refractivity contribution is 0.185. The molecule has 6 rings (SSSR count). The van der Waals surface area contributed by atoms with Crippen LogP contribution in [0.3, 0.4) is 0 Å². The Morgan fingerprint density at radius 3 is 2.56 bits per heavy atom. The van der Waals surface area contributed by atoms with E-state index in [9.17, 15) is 4.39 Å². The Kier molecular flexibility index (Phi) is 7.54. The topological polar surface area (TPSA) is 94.8 Å². The Labute approximate surface area is 227 Å². The number of halogens is 1.